The molecular weight excluding hydrogens is 274 g/mol. The molecule has 2 aromatic heterocycles. The van der Waals surface area contributed by atoms with Crippen LogP contribution >= 0.6 is 11.3 Å². The summed E-state index contributed by atoms with van der Waals surface area (Å²) in [7, 11) is 0. The number of nitrogens with one attached hydrogen (secondary N) is 1. The number of rotatable bonds is 4. The second-order valence-electron chi connectivity index (χ2n) is 4.12. The maximum Gasteiger partial charge on any atom is 0.275 e. The molecule has 1 N–H and O–H groups in total. The summed E-state index contributed by atoms with van der Waals surface area (Å²) in [6.45, 7) is 0.612. The van der Waals surface area contributed by atoms with Crippen molar-refractivity contribution in [2.24, 2.45) is 0 Å². The number of hydrogen-bond acceptors (Lipinski definition) is 5. The monoisotopic (exact) mass is 285 g/mol. The third-order valence-electron chi connectivity index (χ3n) is 2.66. The van der Waals surface area contributed by atoms with Crippen molar-refractivity contribution in [1.29, 1.82) is 0 Å². The van der Waals surface area contributed by atoms with Gasteiger partial charge in [0.2, 0.25) is 0 Å². The molecule has 0 bridgehead atoms. The highest BCUT2D eigenvalue weighted by Crippen LogP contribution is 2.13. The fraction of sp³-hybridized carbons (Fsp3) is 0.0769. The van der Waals surface area contributed by atoms with E-state index in [2.05, 4.69) is 20.4 Å². The van der Waals surface area contributed by atoms with Gasteiger partial charge in [-0.2, -0.15) is 5.10 Å². The lowest BCUT2D eigenvalue weighted by molar-refractivity contribution is 0.102. The Labute approximate surface area is 119 Å². The summed E-state index contributed by atoms with van der Waals surface area (Å²) in [6.07, 6.45) is 3.15. The molecule has 0 saturated heterocycles. The molecule has 1 amide bonds. The summed E-state index contributed by atoms with van der Waals surface area (Å²) in [5, 5.41) is 8.59. The van der Waals surface area contributed by atoms with Gasteiger partial charge >= 0.3 is 0 Å². The van der Waals surface area contributed by atoms with Crippen molar-refractivity contribution in [2.45, 2.75) is 6.54 Å². The molecule has 3 rings (SSSR count). The lowest BCUT2D eigenvalue weighted by atomic mass is 10.2. The Kier molecular flexibility index (Phi) is 3.51. The third-order valence-corrected chi connectivity index (χ3v) is 3.25. The molecule has 0 atom stereocenters. The lowest BCUT2D eigenvalue weighted by Gasteiger charge is -2.06. The second kappa shape index (κ2) is 5.62. The summed E-state index contributed by atoms with van der Waals surface area (Å²) in [6, 6.07) is 7.62. The Morgan fingerprint density at radius 3 is 3.10 bits per heavy atom. The number of carbonyl (C=O) groups is 1. The normalized spacial score (nSPS) is 10.4. The maximum absolute atomic E-state index is 11.9. The number of aromatic nitrogens is 4. The first kappa shape index (κ1) is 12.5. The van der Waals surface area contributed by atoms with E-state index in [1.54, 1.807) is 21.9 Å². The van der Waals surface area contributed by atoms with Crippen LogP contribution in [0.25, 0.3) is 0 Å². The Bertz CT molecular complexity index is 693. The highest BCUT2D eigenvalue weighted by molar-refractivity contribution is 7.07. The van der Waals surface area contributed by atoms with Gasteiger partial charge in [0.25, 0.3) is 5.91 Å². The summed E-state index contributed by atoms with van der Waals surface area (Å²) in [5.74, 6) is -0.204. The molecule has 1 aromatic carbocycles. The van der Waals surface area contributed by atoms with Crippen molar-refractivity contribution in [3.8, 4) is 0 Å². The number of carbonyl (C=O) groups excluding carboxylic acids is 1. The number of benzene rings is 1. The molecule has 20 heavy (non-hydrogen) atoms. The zero-order valence-corrected chi connectivity index (χ0v) is 11.2. The largest absolute Gasteiger partial charge is 0.321 e. The van der Waals surface area contributed by atoms with Gasteiger partial charge in [-0.15, -0.1) is 11.3 Å². The van der Waals surface area contributed by atoms with Gasteiger partial charge in [0.05, 0.1) is 12.1 Å². The highest BCUT2D eigenvalue weighted by atomic mass is 32.1. The first-order chi connectivity index (χ1) is 9.81. The van der Waals surface area contributed by atoms with E-state index < -0.39 is 0 Å². The Balaban J connectivity index is 1.73. The van der Waals surface area contributed by atoms with Crippen molar-refractivity contribution < 1.29 is 4.79 Å². The van der Waals surface area contributed by atoms with Crippen molar-refractivity contribution in [2.75, 3.05) is 5.32 Å². The van der Waals surface area contributed by atoms with Gasteiger partial charge in [0.15, 0.2) is 0 Å². The van der Waals surface area contributed by atoms with Gasteiger partial charge < -0.3 is 5.32 Å². The summed E-state index contributed by atoms with van der Waals surface area (Å²) in [5.41, 5.74) is 3.83. The molecule has 2 heterocycles. The van der Waals surface area contributed by atoms with E-state index >= 15 is 0 Å². The number of thiazole rings is 1. The van der Waals surface area contributed by atoms with E-state index in [9.17, 15) is 4.79 Å². The van der Waals surface area contributed by atoms with Crippen LogP contribution in [-0.4, -0.2) is 25.7 Å². The smallest absolute Gasteiger partial charge is 0.275 e. The van der Waals surface area contributed by atoms with Crippen LogP contribution in [0.4, 0.5) is 5.69 Å². The van der Waals surface area contributed by atoms with Crippen molar-refractivity contribution in [3.05, 3.63) is 59.1 Å². The first-order valence-corrected chi connectivity index (χ1v) is 6.86. The molecule has 100 valence electrons. The molecule has 0 aliphatic heterocycles. The Hall–Kier alpha value is -2.54. The van der Waals surface area contributed by atoms with Crippen LogP contribution in [0, 0.1) is 0 Å². The van der Waals surface area contributed by atoms with Gasteiger partial charge in [0, 0.05) is 11.1 Å². The SMILES string of the molecule is O=C(Nc1cccc(Cn2cncn2)c1)c1cscn1. The summed E-state index contributed by atoms with van der Waals surface area (Å²) >= 11 is 1.39. The van der Waals surface area contributed by atoms with E-state index in [4.69, 9.17) is 0 Å². The number of nitrogens with zero attached hydrogens (tertiary/aromatic N) is 4. The van der Waals surface area contributed by atoms with Crippen LogP contribution in [0.5, 0.6) is 0 Å². The third kappa shape index (κ3) is 2.89. The zero-order valence-electron chi connectivity index (χ0n) is 10.4. The molecular formula is C13H11N5OS. The molecule has 0 aliphatic rings. The average molecular weight is 285 g/mol. The minimum atomic E-state index is -0.204. The van der Waals surface area contributed by atoms with E-state index in [0.717, 1.165) is 11.3 Å². The molecule has 0 fully saturated rings. The van der Waals surface area contributed by atoms with Crippen LogP contribution in [0.2, 0.25) is 0 Å². The fourth-order valence-corrected chi connectivity index (χ4v) is 2.30. The molecule has 0 saturated carbocycles. The minimum absolute atomic E-state index is 0.204. The van der Waals surface area contributed by atoms with Crippen molar-refractivity contribution in [3.63, 3.8) is 0 Å². The predicted octanol–water partition coefficient (Wildman–Crippen LogP) is 2.04. The van der Waals surface area contributed by atoms with Crippen LogP contribution in [0.1, 0.15) is 16.1 Å². The van der Waals surface area contributed by atoms with E-state index in [-0.39, 0.29) is 5.91 Å². The fourth-order valence-electron chi connectivity index (χ4n) is 1.77. The van der Waals surface area contributed by atoms with Crippen LogP contribution in [0.3, 0.4) is 0 Å². The molecule has 7 heteroatoms. The summed E-state index contributed by atoms with van der Waals surface area (Å²) in [4.78, 5) is 19.8. The van der Waals surface area contributed by atoms with Crippen LogP contribution < -0.4 is 5.32 Å². The van der Waals surface area contributed by atoms with Gasteiger partial charge in [-0.25, -0.2) is 14.6 Å². The lowest BCUT2D eigenvalue weighted by Crippen LogP contribution is -2.12. The van der Waals surface area contributed by atoms with E-state index in [0.29, 0.717) is 12.2 Å². The molecule has 3 aromatic rings. The highest BCUT2D eigenvalue weighted by Gasteiger charge is 2.08. The van der Waals surface area contributed by atoms with Gasteiger partial charge in [-0.3, -0.25) is 4.79 Å². The first-order valence-electron chi connectivity index (χ1n) is 5.92. The average Bonchev–Trinajstić information content (AvgIpc) is 3.12. The maximum atomic E-state index is 11.9. The topological polar surface area (TPSA) is 72.7 Å². The zero-order chi connectivity index (χ0) is 13.8. The standard InChI is InChI=1S/C13H11N5OS/c19-13(12-6-20-9-15-12)17-11-3-1-2-10(4-11)5-18-8-14-7-16-18/h1-4,6-9H,5H2,(H,17,19). The van der Waals surface area contributed by atoms with Crippen LogP contribution in [-0.2, 0) is 6.54 Å². The van der Waals surface area contributed by atoms with Crippen LogP contribution in [0.15, 0.2) is 47.8 Å². The van der Waals surface area contributed by atoms with Gasteiger partial charge in [-0.1, -0.05) is 12.1 Å². The number of hydrogen-bond donors (Lipinski definition) is 1. The number of anilines is 1. The Morgan fingerprint density at radius 2 is 2.35 bits per heavy atom. The van der Waals surface area contributed by atoms with Gasteiger partial charge in [-0.05, 0) is 17.7 Å². The number of amides is 1. The predicted molar refractivity (Wildman–Crippen MR) is 75.6 cm³/mol. The molecule has 6 nitrogen and oxygen atoms in total. The van der Waals surface area contributed by atoms with E-state index in [1.165, 1.54) is 17.7 Å². The molecule has 0 unspecified atom stereocenters. The Morgan fingerprint density at radius 1 is 1.40 bits per heavy atom. The van der Waals surface area contributed by atoms with Gasteiger partial charge in [0.1, 0.15) is 18.3 Å². The van der Waals surface area contributed by atoms with Crippen molar-refractivity contribution >= 4 is 22.9 Å². The minimum Gasteiger partial charge on any atom is -0.321 e. The quantitative estimate of drug-likeness (QED) is 0.796. The molecule has 0 aliphatic carbocycles. The van der Waals surface area contributed by atoms with E-state index in [1.807, 2.05) is 24.3 Å². The molecule has 0 spiro atoms. The van der Waals surface area contributed by atoms with Crippen molar-refractivity contribution in [1.82, 2.24) is 19.7 Å². The summed E-state index contributed by atoms with van der Waals surface area (Å²) < 4.78 is 1.72. The second-order valence-corrected chi connectivity index (χ2v) is 4.84. The molecule has 0 radical (unpaired) electrons.